The van der Waals surface area contributed by atoms with Crippen molar-refractivity contribution in [1.82, 2.24) is 0 Å². The van der Waals surface area contributed by atoms with Crippen LogP contribution >= 0.6 is 0 Å². The maximum absolute atomic E-state index is 12.8. The van der Waals surface area contributed by atoms with E-state index in [2.05, 4.69) is 4.42 Å². The largest absolute Gasteiger partial charge is 0.461 e. The summed E-state index contributed by atoms with van der Waals surface area (Å²) in [6.07, 6.45) is -4.97. The third kappa shape index (κ3) is 2.10. The Kier molecular flexibility index (Phi) is 2.85. The molecule has 0 bridgehead atoms. The minimum Gasteiger partial charge on any atom is -0.461 e. The molecule has 1 heterocycles. The average Bonchev–Trinajstić information content (AvgIpc) is 2.66. The second-order valence-corrected chi connectivity index (χ2v) is 2.71. The van der Waals surface area contributed by atoms with E-state index in [0.717, 1.165) is 18.4 Å². The first-order chi connectivity index (χ1) is 7.17. The number of carbonyl (C=O) groups excluding carboxylic acids is 2. The van der Waals surface area contributed by atoms with Gasteiger partial charge in [-0.3, -0.25) is 9.59 Å². The van der Waals surface area contributed by atoms with Crippen molar-refractivity contribution in [2.75, 3.05) is 0 Å². The third-order valence-electron chi connectivity index (χ3n) is 1.57. The number of hydrogen-bond donors (Lipinski definition) is 0. The van der Waals surface area contributed by atoms with Gasteiger partial charge in [-0.05, 0) is 12.1 Å². The second-order valence-electron chi connectivity index (χ2n) is 2.71. The van der Waals surface area contributed by atoms with Crippen molar-refractivity contribution in [3.05, 3.63) is 24.2 Å². The molecule has 1 aromatic heterocycles. The zero-order chi connectivity index (χ0) is 12.6. The third-order valence-corrected chi connectivity index (χ3v) is 1.57. The first-order valence-corrected chi connectivity index (χ1v) is 3.75. The topological polar surface area (TPSA) is 47.3 Å². The fraction of sp³-hybridized carbons (Fsp3) is 0.250. The molecule has 0 aliphatic rings. The van der Waals surface area contributed by atoms with Crippen molar-refractivity contribution in [3.8, 4) is 0 Å². The lowest BCUT2D eigenvalue weighted by Crippen LogP contribution is -2.45. The molecule has 3 nitrogen and oxygen atoms in total. The highest BCUT2D eigenvalue weighted by atomic mass is 19.4. The van der Waals surface area contributed by atoms with Crippen LogP contribution in [0.2, 0.25) is 0 Å². The summed E-state index contributed by atoms with van der Waals surface area (Å²) < 4.78 is 65.0. The standard InChI is InChI=1S/C8H3F5O3/c9-7(10,6(15)8(11,12)13)5(14)4-2-1-3-16-4/h1-3H. The lowest BCUT2D eigenvalue weighted by molar-refractivity contribution is -0.189. The van der Waals surface area contributed by atoms with Gasteiger partial charge in [-0.2, -0.15) is 22.0 Å². The highest BCUT2D eigenvalue weighted by Gasteiger charge is 2.60. The van der Waals surface area contributed by atoms with Crippen LogP contribution in [0.4, 0.5) is 22.0 Å². The van der Waals surface area contributed by atoms with E-state index in [1.165, 1.54) is 0 Å². The van der Waals surface area contributed by atoms with Gasteiger partial charge in [0.05, 0.1) is 6.26 Å². The van der Waals surface area contributed by atoms with Crippen LogP contribution in [0.1, 0.15) is 10.6 Å². The van der Waals surface area contributed by atoms with Gasteiger partial charge in [-0.15, -0.1) is 0 Å². The SMILES string of the molecule is O=C(c1ccco1)C(F)(F)C(=O)C(F)(F)F. The Morgan fingerprint density at radius 1 is 1.12 bits per heavy atom. The lowest BCUT2D eigenvalue weighted by Gasteiger charge is -2.13. The number of furan rings is 1. The van der Waals surface area contributed by atoms with Crippen LogP contribution < -0.4 is 0 Å². The van der Waals surface area contributed by atoms with Gasteiger partial charge in [0.25, 0.3) is 5.78 Å². The Morgan fingerprint density at radius 3 is 2.06 bits per heavy atom. The van der Waals surface area contributed by atoms with Crippen LogP contribution in [-0.4, -0.2) is 23.7 Å². The molecule has 1 aromatic rings. The summed E-state index contributed by atoms with van der Waals surface area (Å²) in [5, 5.41) is 0. The summed E-state index contributed by atoms with van der Waals surface area (Å²) in [7, 11) is 0. The van der Waals surface area contributed by atoms with Crippen molar-refractivity contribution in [1.29, 1.82) is 0 Å². The van der Waals surface area contributed by atoms with Crippen LogP contribution in [0.25, 0.3) is 0 Å². The number of rotatable bonds is 3. The molecule has 0 N–H and O–H groups in total. The van der Waals surface area contributed by atoms with E-state index < -0.39 is 29.4 Å². The van der Waals surface area contributed by atoms with Crippen LogP contribution in [0, 0.1) is 0 Å². The van der Waals surface area contributed by atoms with Crippen molar-refractivity contribution < 1.29 is 36.0 Å². The van der Waals surface area contributed by atoms with Crippen LogP contribution in [0.5, 0.6) is 0 Å². The zero-order valence-corrected chi connectivity index (χ0v) is 7.35. The number of halogens is 5. The van der Waals surface area contributed by atoms with Gasteiger partial charge < -0.3 is 4.42 Å². The van der Waals surface area contributed by atoms with Gasteiger partial charge in [-0.25, -0.2) is 0 Å². The number of alkyl halides is 5. The number of hydrogen-bond acceptors (Lipinski definition) is 3. The highest BCUT2D eigenvalue weighted by Crippen LogP contribution is 2.30. The molecule has 0 atom stereocenters. The molecule has 0 saturated heterocycles. The molecule has 0 unspecified atom stereocenters. The smallest absolute Gasteiger partial charge is 0.456 e. The summed E-state index contributed by atoms with van der Waals surface area (Å²) in [6.45, 7) is 0. The normalized spacial score (nSPS) is 12.6. The molecule has 8 heteroatoms. The maximum Gasteiger partial charge on any atom is 0.456 e. The fourth-order valence-electron chi connectivity index (χ4n) is 0.844. The molecular formula is C8H3F5O3. The Hall–Kier alpha value is -1.73. The van der Waals surface area contributed by atoms with E-state index in [9.17, 15) is 31.5 Å². The van der Waals surface area contributed by atoms with Crippen LogP contribution in [-0.2, 0) is 4.79 Å². The van der Waals surface area contributed by atoms with Gasteiger partial charge in [0.2, 0.25) is 0 Å². The molecule has 0 saturated carbocycles. The van der Waals surface area contributed by atoms with Crippen molar-refractivity contribution >= 4 is 11.6 Å². The molecule has 0 aliphatic heterocycles. The Balaban J connectivity index is 3.03. The van der Waals surface area contributed by atoms with Gasteiger partial charge in [0.1, 0.15) is 0 Å². The zero-order valence-electron chi connectivity index (χ0n) is 7.35. The first kappa shape index (κ1) is 12.3. The van der Waals surface area contributed by atoms with E-state index in [1.807, 2.05) is 0 Å². The molecule has 16 heavy (non-hydrogen) atoms. The molecular weight excluding hydrogens is 239 g/mol. The van der Waals surface area contributed by atoms with Crippen molar-refractivity contribution in [2.45, 2.75) is 12.1 Å². The summed E-state index contributed by atoms with van der Waals surface area (Å²) >= 11 is 0. The predicted octanol–water partition coefficient (Wildman–Crippen LogP) is 2.23. The van der Waals surface area contributed by atoms with E-state index in [-0.39, 0.29) is 0 Å². The van der Waals surface area contributed by atoms with E-state index in [0.29, 0.717) is 0 Å². The molecule has 0 amide bonds. The van der Waals surface area contributed by atoms with Crippen LogP contribution in [0.3, 0.4) is 0 Å². The summed E-state index contributed by atoms with van der Waals surface area (Å²) in [4.78, 5) is 21.1. The Bertz CT molecular complexity index is 404. The van der Waals surface area contributed by atoms with Gasteiger partial charge >= 0.3 is 17.9 Å². The second kappa shape index (κ2) is 3.69. The monoisotopic (exact) mass is 242 g/mol. The van der Waals surface area contributed by atoms with Crippen LogP contribution in [0.15, 0.2) is 22.8 Å². The Morgan fingerprint density at radius 2 is 1.69 bits per heavy atom. The molecule has 88 valence electrons. The number of carbonyl (C=O) groups is 2. The van der Waals surface area contributed by atoms with Gasteiger partial charge in [0, 0.05) is 0 Å². The van der Waals surface area contributed by atoms with Crippen molar-refractivity contribution in [2.24, 2.45) is 0 Å². The number of ketones is 2. The maximum atomic E-state index is 12.8. The van der Waals surface area contributed by atoms with E-state index in [4.69, 9.17) is 0 Å². The molecule has 0 aromatic carbocycles. The summed E-state index contributed by atoms with van der Waals surface area (Å²) in [5.41, 5.74) is 0. The fourth-order valence-corrected chi connectivity index (χ4v) is 0.844. The Labute approximate surface area is 84.8 Å². The molecule has 0 spiro atoms. The van der Waals surface area contributed by atoms with Crippen molar-refractivity contribution in [3.63, 3.8) is 0 Å². The minimum atomic E-state index is -5.79. The molecule has 1 rings (SSSR count). The number of Topliss-reactive ketones (excluding diaryl/α,β-unsaturated/α-hetero) is 2. The molecule has 0 aliphatic carbocycles. The van der Waals surface area contributed by atoms with E-state index in [1.54, 1.807) is 0 Å². The summed E-state index contributed by atoms with van der Waals surface area (Å²) in [6, 6.07) is 1.77. The average molecular weight is 242 g/mol. The highest BCUT2D eigenvalue weighted by molar-refractivity contribution is 6.16. The molecule has 0 radical (unpaired) electrons. The lowest BCUT2D eigenvalue weighted by atomic mass is 10.1. The first-order valence-electron chi connectivity index (χ1n) is 3.75. The van der Waals surface area contributed by atoms with E-state index >= 15 is 0 Å². The van der Waals surface area contributed by atoms with Gasteiger partial charge in [-0.1, -0.05) is 0 Å². The predicted molar refractivity (Wildman–Crippen MR) is 39.0 cm³/mol. The quantitative estimate of drug-likeness (QED) is 0.464. The van der Waals surface area contributed by atoms with Gasteiger partial charge in [0.15, 0.2) is 5.76 Å². The molecule has 0 fully saturated rings. The minimum absolute atomic E-state index is 0.736. The summed E-state index contributed by atoms with van der Waals surface area (Å²) in [5.74, 6) is -11.9.